The van der Waals surface area contributed by atoms with Crippen LogP contribution in [0, 0.1) is 0 Å². The molecule has 1 aliphatic rings. The van der Waals surface area contributed by atoms with Crippen molar-refractivity contribution in [3.63, 3.8) is 0 Å². The molecule has 0 amide bonds. The van der Waals surface area contributed by atoms with E-state index in [2.05, 4.69) is 18.7 Å². The fraction of sp³-hybridized carbons (Fsp3) is 0.556. The van der Waals surface area contributed by atoms with E-state index in [0.717, 1.165) is 0 Å². The van der Waals surface area contributed by atoms with Crippen molar-refractivity contribution in [3.05, 3.63) is 12.2 Å². The van der Waals surface area contributed by atoms with Crippen molar-refractivity contribution in [1.29, 1.82) is 0 Å². The Labute approximate surface area is 83.1 Å². The van der Waals surface area contributed by atoms with E-state index in [1.807, 2.05) is 11.6 Å². The molecule has 1 rings (SSSR count). The van der Waals surface area contributed by atoms with E-state index in [0.29, 0.717) is 16.8 Å². The molecule has 0 fully saturated rings. The van der Waals surface area contributed by atoms with Crippen LogP contribution in [0.15, 0.2) is 12.2 Å². The van der Waals surface area contributed by atoms with Gasteiger partial charge in [0.2, 0.25) is 4.90 Å². The van der Waals surface area contributed by atoms with Crippen LogP contribution in [-0.2, 0) is 9.57 Å². The maximum absolute atomic E-state index is 9.16. The maximum Gasteiger partial charge on any atom is 0.479 e. The third-order valence-corrected chi connectivity index (χ3v) is 2.06. The maximum atomic E-state index is 9.16. The number of rotatable bonds is 2. The van der Waals surface area contributed by atoms with Crippen molar-refractivity contribution in [2.75, 3.05) is 14.2 Å². The molecule has 0 radical (unpaired) electrons. The third kappa shape index (κ3) is 2.04. The van der Waals surface area contributed by atoms with Crippen molar-refractivity contribution in [2.45, 2.75) is 19.9 Å². The Balaban J connectivity index is 2.88. The first kappa shape index (κ1) is 10.6. The summed E-state index contributed by atoms with van der Waals surface area (Å²) in [5.41, 5.74) is 0. The highest BCUT2D eigenvalue weighted by Gasteiger charge is 2.29. The molecule has 1 aliphatic heterocycles. The summed E-state index contributed by atoms with van der Waals surface area (Å²) in [6, 6.07) is 0.337. The van der Waals surface area contributed by atoms with Crippen molar-refractivity contribution in [1.82, 2.24) is 0 Å². The molecule has 0 aliphatic carbocycles. The van der Waals surface area contributed by atoms with E-state index < -0.39 is 0 Å². The Kier molecular flexibility index (Phi) is 3.11. The molecule has 0 unspecified atom stereocenters. The number of nitrogens with zero attached hydrogens (tertiary/aromatic N) is 2. The van der Waals surface area contributed by atoms with Crippen LogP contribution in [0.4, 0.5) is 0 Å². The van der Waals surface area contributed by atoms with Crippen LogP contribution in [0.2, 0.25) is 0 Å². The lowest BCUT2D eigenvalue weighted by atomic mass is 10.4. The van der Waals surface area contributed by atoms with Crippen LogP contribution in [0.1, 0.15) is 13.8 Å². The topological polar surface area (TPSA) is 44.7 Å². The molecule has 5 heteroatoms. The molecule has 0 spiro atoms. The van der Waals surface area contributed by atoms with E-state index in [1.54, 1.807) is 12.2 Å². The summed E-state index contributed by atoms with van der Waals surface area (Å²) in [4.78, 5) is 5.15. The lowest BCUT2D eigenvalue weighted by molar-refractivity contribution is -0.959. The SMILES string of the molecule is CO[N+](O)=C1C=CC(=[N+](C)C(C)C)O1. The first-order valence-corrected chi connectivity index (χ1v) is 4.42. The van der Waals surface area contributed by atoms with Gasteiger partial charge in [0.05, 0.1) is 12.2 Å². The predicted octanol–water partition coefficient (Wildman–Crippen LogP) is 0.384. The van der Waals surface area contributed by atoms with E-state index >= 15 is 0 Å². The average molecular weight is 200 g/mol. The molecule has 1 heterocycles. The molecule has 5 nitrogen and oxygen atoms in total. The molecule has 0 aromatic rings. The largest absolute Gasteiger partial charge is 0.479 e. The van der Waals surface area contributed by atoms with E-state index in [1.165, 1.54) is 7.11 Å². The molecule has 0 aromatic carbocycles. The zero-order chi connectivity index (χ0) is 10.7. The molecular formula is C9H16N2O3+2. The van der Waals surface area contributed by atoms with Gasteiger partial charge in [-0.25, -0.2) is 10.0 Å². The summed E-state index contributed by atoms with van der Waals surface area (Å²) >= 11 is 0. The molecule has 1 N–H and O–H groups in total. The second-order valence-electron chi connectivity index (χ2n) is 3.27. The van der Waals surface area contributed by atoms with Crippen LogP contribution < -0.4 is 0 Å². The van der Waals surface area contributed by atoms with Gasteiger partial charge >= 0.3 is 11.8 Å². The standard InChI is InChI=1S/C9H16N2O3/c1-7(2)10(3)8-5-6-9(14-8)11(12)13-4/h5-7,12H,1-4H3/q+2. The molecule has 0 saturated carbocycles. The second kappa shape index (κ2) is 4.13. The normalized spacial score (nSPS) is 22.4. The smallest absolute Gasteiger partial charge is 0.342 e. The molecule has 0 aromatic heterocycles. The lowest BCUT2D eigenvalue weighted by Gasteiger charge is -2.01. The van der Waals surface area contributed by atoms with Gasteiger partial charge in [-0.2, -0.15) is 4.58 Å². The fourth-order valence-electron chi connectivity index (χ4n) is 0.955. The van der Waals surface area contributed by atoms with Gasteiger partial charge in [-0.15, -0.1) is 0 Å². The zero-order valence-corrected chi connectivity index (χ0v) is 8.89. The highest BCUT2D eigenvalue weighted by Crippen LogP contribution is 2.01. The minimum atomic E-state index is 0.259. The first-order valence-electron chi connectivity index (χ1n) is 4.42. The Hall–Kier alpha value is -1.52. The van der Waals surface area contributed by atoms with Gasteiger partial charge in [-0.05, 0) is 13.8 Å². The van der Waals surface area contributed by atoms with Crippen molar-refractivity contribution < 1.29 is 24.3 Å². The second-order valence-corrected chi connectivity index (χ2v) is 3.27. The molecule has 0 bridgehead atoms. The predicted molar refractivity (Wildman–Crippen MR) is 50.6 cm³/mol. The molecule has 78 valence electrons. The van der Waals surface area contributed by atoms with E-state index in [9.17, 15) is 0 Å². The summed E-state index contributed by atoms with van der Waals surface area (Å²) in [5, 5.41) is 9.16. The van der Waals surface area contributed by atoms with Crippen molar-refractivity contribution in [3.8, 4) is 0 Å². The first-order chi connectivity index (χ1) is 6.56. The fourth-order valence-corrected chi connectivity index (χ4v) is 0.955. The van der Waals surface area contributed by atoms with Gasteiger partial charge in [-0.3, -0.25) is 0 Å². The van der Waals surface area contributed by atoms with Crippen molar-refractivity contribution >= 4 is 11.8 Å². The number of ether oxygens (including phenoxy) is 1. The van der Waals surface area contributed by atoms with Crippen LogP contribution in [0.3, 0.4) is 0 Å². The minimum Gasteiger partial charge on any atom is -0.342 e. The van der Waals surface area contributed by atoms with Gasteiger partial charge in [0.25, 0.3) is 0 Å². The van der Waals surface area contributed by atoms with Crippen LogP contribution in [0.5, 0.6) is 0 Å². The summed E-state index contributed by atoms with van der Waals surface area (Å²) in [6.45, 7) is 4.10. The summed E-state index contributed by atoms with van der Waals surface area (Å²) in [7, 11) is 3.27. The summed E-state index contributed by atoms with van der Waals surface area (Å²) in [5.74, 6) is 0.945. The van der Waals surface area contributed by atoms with Crippen LogP contribution in [0.25, 0.3) is 0 Å². The van der Waals surface area contributed by atoms with Crippen molar-refractivity contribution in [2.24, 2.45) is 0 Å². The Morgan fingerprint density at radius 3 is 2.43 bits per heavy atom. The molecule has 14 heavy (non-hydrogen) atoms. The quantitative estimate of drug-likeness (QED) is 0.398. The van der Waals surface area contributed by atoms with Gasteiger partial charge < -0.3 is 4.74 Å². The Morgan fingerprint density at radius 2 is 1.93 bits per heavy atom. The van der Waals surface area contributed by atoms with E-state index in [4.69, 9.17) is 9.94 Å². The monoisotopic (exact) mass is 200 g/mol. The highest BCUT2D eigenvalue weighted by molar-refractivity contribution is 6.05. The summed E-state index contributed by atoms with van der Waals surface area (Å²) < 4.78 is 7.29. The Morgan fingerprint density at radius 1 is 1.36 bits per heavy atom. The highest BCUT2D eigenvalue weighted by atomic mass is 16.9. The zero-order valence-electron chi connectivity index (χ0n) is 8.89. The summed E-state index contributed by atoms with van der Waals surface area (Å²) in [6.07, 6.45) is 3.41. The number of hydrogen-bond donors (Lipinski definition) is 1. The molecule has 0 atom stereocenters. The molecular weight excluding hydrogens is 184 g/mol. The van der Waals surface area contributed by atoms with Gasteiger partial charge in [0, 0.05) is 0 Å². The van der Waals surface area contributed by atoms with E-state index in [-0.39, 0.29) is 5.90 Å². The molecule has 0 saturated heterocycles. The van der Waals surface area contributed by atoms with Gasteiger partial charge in [0.15, 0.2) is 13.2 Å². The Bertz CT molecular complexity index is 316. The van der Waals surface area contributed by atoms with Crippen LogP contribution >= 0.6 is 0 Å². The minimum absolute atomic E-state index is 0.259. The number of hydrogen-bond acceptors (Lipinski definition) is 3. The van der Waals surface area contributed by atoms with Gasteiger partial charge in [0.1, 0.15) is 7.05 Å². The average Bonchev–Trinajstić information content (AvgIpc) is 2.64. The third-order valence-electron chi connectivity index (χ3n) is 2.06. The van der Waals surface area contributed by atoms with Gasteiger partial charge in [-0.1, -0.05) is 0 Å². The lowest BCUT2D eigenvalue weighted by Crippen LogP contribution is -2.25. The van der Waals surface area contributed by atoms with Crippen LogP contribution in [-0.4, -0.2) is 46.7 Å².